The molecule has 0 saturated heterocycles. The predicted octanol–water partition coefficient (Wildman–Crippen LogP) is 0.576. The molecule has 1 aromatic rings. The Morgan fingerprint density at radius 3 is 2.50 bits per heavy atom. The summed E-state index contributed by atoms with van der Waals surface area (Å²) in [6.07, 6.45) is 2.39. The first-order valence-corrected chi connectivity index (χ1v) is 5.09. The maximum Gasteiger partial charge on any atom is 0.179 e. The standard InChI is InChI=1S/C4H5BrN2O2S/c1-10(8,9)3-2-6-7-4(3)5/h2H,1H3,(H,6,7). The van der Waals surface area contributed by atoms with Gasteiger partial charge in [-0.3, -0.25) is 5.10 Å². The Morgan fingerprint density at radius 1 is 1.70 bits per heavy atom. The maximum atomic E-state index is 10.8. The van der Waals surface area contributed by atoms with Gasteiger partial charge in [0.2, 0.25) is 0 Å². The second-order valence-corrected chi connectivity index (χ2v) is 4.60. The van der Waals surface area contributed by atoms with Crippen LogP contribution in [0.2, 0.25) is 0 Å². The van der Waals surface area contributed by atoms with Crippen molar-refractivity contribution in [3.8, 4) is 0 Å². The molecule has 0 radical (unpaired) electrons. The van der Waals surface area contributed by atoms with E-state index in [2.05, 4.69) is 26.1 Å². The molecule has 0 aliphatic carbocycles. The summed E-state index contributed by atoms with van der Waals surface area (Å²) in [6.45, 7) is 0. The predicted molar refractivity (Wildman–Crippen MR) is 39.4 cm³/mol. The second-order valence-electron chi connectivity index (χ2n) is 1.82. The fourth-order valence-corrected chi connectivity index (χ4v) is 2.22. The zero-order valence-electron chi connectivity index (χ0n) is 5.13. The summed E-state index contributed by atoms with van der Waals surface area (Å²) in [6, 6.07) is 0. The number of rotatable bonds is 1. The molecule has 1 rings (SSSR count). The maximum absolute atomic E-state index is 10.8. The van der Waals surface area contributed by atoms with Gasteiger partial charge >= 0.3 is 0 Å². The molecule has 0 aliphatic heterocycles. The van der Waals surface area contributed by atoms with Gasteiger partial charge in [-0.2, -0.15) is 5.10 Å². The molecule has 0 saturated carbocycles. The molecule has 10 heavy (non-hydrogen) atoms. The molecule has 1 aromatic heterocycles. The molecule has 1 N–H and O–H groups in total. The highest BCUT2D eigenvalue weighted by Gasteiger charge is 2.12. The molecule has 0 unspecified atom stereocenters. The molecule has 0 amide bonds. The molecule has 56 valence electrons. The number of sulfone groups is 1. The van der Waals surface area contributed by atoms with E-state index in [0.717, 1.165) is 6.26 Å². The summed E-state index contributed by atoms with van der Waals surface area (Å²) in [4.78, 5) is 0.188. The molecular weight excluding hydrogens is 220 g/mol. The lowest BCUT2D eigenvalue weighted by atomic mass is 10.7. The molecular formula is C4H5BrN2O2S. The van der Waals surface area contributed by atoms with E-state index in [-0.39, 0.29) is 4.90 Å². The zero-order valence-corrected chi connectivity index (χ0v) is 7.53. The number of aromatic nitrogens is 2. The Labute approximate surface area is 66.7 Å². The molecule has 0 spiro atoms. The van der Waals surface area contributed by atoms with E-state index in [0.29, 0.717) is 4.60 Å². The van der Waals surface area contributed by atoms with Crippen molar-refractivity contribution >= 4 is 25.8 Å². The van der Waals surface area contributed by atoms with Crippen molar-refractivity contribution in [1.29, 1.82) is 0 Å². The van der Waals surface area contributed by atoms with Crippen LogP contribution in [0, 0.1) is 0 Å². The third-order valence-electron chi connectivity index (χ3n) is 0.960. The van der Waals surface area contributed by atoms with Crippen molar-refractivity contribution in [1.82, 2.24) is 10.2 Å². The highest BCUT2D eigenvalue weighted by Crippen LogP contribution is 2.17. The van der Waals surface area contributed by atoms with Gasteiger partial charge in [0.05, 0.1) is 6.20 Å². The van der Waals surface area contributed by atoms with Crippen molar-refractivity contribution in [2.75, 3.05) is 6.26 Å². The van der Waals surface area contributed by atoms with Gasteiger partial charge in [-0.15, -0.1) is 0 Å². The average Bonchev–Trinajstić information content (AvgIpc) is 2.11. The van der Waals surface area contributed by atoms with Crippen LogP contribution in [-0.4, -0.2) is 24.9 Å². The van der Waals surface area contributed by atoms with Gasteiger partial charge in [0.1, 0.15) is 9.50 Å². The third kappa shape index (κ3) is 1.38. The van der Waals surface area contributed by atoms with Gasteiger partial charge in [-0.05, 0) is 15.9 Å². The molecule has 1 heterocycles. The zero-order chi connectivity index (χ0) is 7.78. The van der Waals surface area contributed by atoms with Gasteiger partial charge in [0.15, 0.2) is 9.84 Å². The fourth-order valence-electron chi connectivity index (χ4n) is 0.518. The van der Waals surface area contributed by atoms with Crippen molar-refractivity contribution in [3.05, 3.63) is 10.8 Å². The Kier molecular flexibility index (Phi) is 1.82. The summed E-state index contributed by atoms with van der Waals surface area (Å²) in [7, 11) is -3.13. The summed E-state index contributed by atoms with van der Waals surface area (Å²) in [5, 5.41) is 6.00. The summed E-state index contributed by atoms with van der Waals surface area (Å²) in [5.74, 6) is 0. The highest BCUT2D eigenvalue weighted by molar-refractivity contribution is 9.10. The summed E-state index contributed by atoms with van der Waals surface area (Å²) in [5.41, 5.74) is 0. The monoisotopic (exact) mass is 224 g/mol. The van der Waals surface area contributed by atoms with E-state index in [1.807, 2.05) is 0 Å². The topological polar surface area (TPSA) is 62.8 Å². The Bertz CT molecular complexity index is 329. The van der Waals surface area contributed by atoms with E-state index in [4.69, 9.17) is 0 Å². The van der Waals surface area contributed by atoms with Gasteiger partial charge in [-0.25, -0.2) is 8.42 Å². The Balaban J connectivity index is 3.32. The van der Waals surface area contributed by atoms with E-state index in [1.165, 1.54) is 6.20 Å². The Hall–Kier alpha value is -0.360. The number of hydrogen-bond acceptors (Lipinski definition) is 3. The lowest BCUT2D eigenvalue weighted by Gasteiger charge is -1.89. The molecule has 6 heteroatoms. The minimum atomic E-state index is -3.13. The van der Waals surface area contributed by atoms with Crippen LogP contribution < -0.4 is 0 Å². The normalized spacial score (nSPS) is 11.8. The number of nitrogens with zero attached hydrogens (tertiary/aromatic N) is 1. The van der Waals surface area contributed by atoms with E-state index >= 15 is 0 Å². The number of halogens is 1. The van der Waals surface area contributed by atoms with Crippen LogP contribution in [0.15, 0.2) is 15.7 Å². The SMILES string of the molecule is CS(=O)(=O)c1cn[nH]c1Br. The first-order chi connectivity index (χ1) is 4.52. The smallest absolute Gasteiger partial charge is 0.179 e. The molecule has 0 bridgehead atoms. The molecule has 0 aromatic carbocycles. The van der Waals surface area contributed by atoms with E-state index in [1.54, 1.807) is 0 Å². The quantitative estimate of drug-likeness (QED) is 0.760. The fraction of sp³-hybridized carbons (Fsp3) is 0.250. The van der Waals surface area contributed by atoms with Gasteiger partial charge in [-0.1, -0.05) is 0 Å². The second kappa shape index (κ2) is 2.35. The number of aromatic amines is 1. The van der Waals surface area contributed by atoms with Crippen molar-refractivity contribution in [2.24, 2.45) is 0 Å². The van der Waals surface area contributed by atoms with Crippen LogP contribution in [-0.2, 0) is 9.84 Å². The highest BCUT2D eigenvalue weighted by atomic mass is 79.9. The lowest BCUT2D eigenvalue weighted by Crippen LogP contribution is -1.95. The minimum Gasteiger partial charge on any atom is -0.270 e. The molecule has 0 aliphatic rings. The Morgan fingerprint density at radius 2 is 2.30 bits per heavy atom. The number of hydrogen-bond donors (Lipinski definition) is 1. The molecule has 4 nitrogen and oxygen atoms in total. The first-order valence-electron chi connectivity index (χ1n) is 2.41. The summed E-state index contributed by atoms with van der Waals surface area (Å²) >= 11 is 3.00. The van der Waals surface area contributed by atoms with Crippen molar-refractivity contribution in [3.63, 3.8) is 0 Å². The van der Waals surface area contributed by atoms with E-state index < -0.39 is 9.84 Å². The lowest BCUT2D eigenvalue weighted by molar-refractivity contribution is 0.601. The number of nitrogens with one attached hydrogen (secondary N) is 1. The number of H-pyrrole nitrogens is 1. The van der Waals surface area contributed by atoms with Crippen LogP contribution in [0.1, 0.15) is 0 Å². The largest absolute Gasteiger partial charge is 0.270 e. The summed E-state index contributed by atoms with van der Waals surface area (Å²) < 4.78 is 22.0. The van der Waals surface area contributed by atoms with Crippen molar-refractivity contribution in [2.45, 2.75) is 4.90 Å². The van der Waals surface area contributed by atoms with Crippen LogP contribution in [0.3, 0.4) is 0 Å². The minimum absolute atomic E-state index is 0.188. The van der Waals surface area contributed by atoms with Gasteiger partial charge in [0.25, 0.3) is 0 Å². The van der Waals surface area contributed by atoms with Gasteiger partial charge in [0, 0.05) is 6.26 Å². The average molecular weight is 225 g/mol. The third-order valence-corrected chi connectivity index (χ3v) is 2.94. The van der Waals surface area contributed by atoms with E-state index in [9.17, 15) is 8.42 Å². The van der Waals surface area contributed by atoms with Crippen LogP contribution >= 0.6 is 15.9 Å². The van der Waals surface area contributed by atoms with Gasteiger partial charge < -0.3 is 0 Å². The first kappa shape index (κ1) is 7.74. The van der Waals surface area contributed by atoms with Crippen LogP contribution in [0.4, 0.5) is 0 Å². The van der Waals surface area contributed by atoms with Crippen LogP contribution in [0.5, 0.6) is 0 Å². The van der Waals surface area contributed by atoms with Crippen molar-refractivity contribution < 1.29 is 8.42 Å². The molecule has 0 fully saturated rings. The molecule has 0 atom stereocenters. The van der Waals surface area contributed by atoms with Crippen LogP contribution in [0.25, 0.3) is 0 Å².